The molecule has 0 aliphatic carbocycles. The molecule has 11 heteroatoms. The number of benzene rings is 1. The van der Waals surface area contributed by atoms with Gasteiger partial charge in [-0.3, -0.25) is 15.3 Å². The standard InChI is InChI=1S/C22H24FN5O4S/c1-22(2,3)17(29)10-18(24)27-21(30)28-8-7-14-15(28)5-6-16(20(14)23)32-19-9-13(11-33(4)31)25-12-26-19/h5-10,12,29H,11H2,1-4H3,(H2,24,27,30)/b17-10-. The number of rotatable bonds is 5. The number of halogens is 1. The third kappa shape index (κ3) is 5.88. The van der Waals surface area contributed by atoms with E-state index in [1.807, 2.05) is 0 Å². The Balaban J connectivity index is 1.81. The fourth-order valence-electron chi connectivity index (χ4n) is 2.81. The summed E-state index contributed by atoms with van der Waals surface area (Å²) in [7, 11) is 0. The second kappa shape index (κ2) is 9.59. The Labute approximate surface area is 193 Å². The van der Waals surface area contributed by atoms with Crippen LogP contribution in [0.5, 0.6) is 11.6 Å². The van der Waals surface area contributed by atoms with Crippen molar-refractivity contribution in [1.82, 2.24) is 19.9 Å². The van der Waals surface area contributed by atoms with Crippen molar-refractivity contribution in [2.75, 3.05) is 6.26 Å². The highest BCUT2D eigenvalue weighted by molar-refractivity contribution is 7.89. The molecule has 0 radical (unpaired) electrons. The zero-order chi connectivity index (χ0) is 24.3. The van der Waals surface area contributed by atoms with Crippen LogP contribution < -0.4 is 10.1 Å². The number of amides is 1. The molecule has 33 heavy (non-hydrogen) atoms. The maximum atomic E-state index is 15.1. The van der Waals surface area contributed by atoms with Crippen LogP contribution in [0.25, 0.3) is 10.9 Å². The molecule has 0 bridgehead atoms. The number of nitrogens with one attached hydrogen (secondary N) is 2. The van der Waals surface area contributed by atoms with Crippen LogP contribution in [0.1, 0.15) is 26.5 Å². The predicted octanol–water partition coefficient (Wildman–Crippen LogP) is 4.26. The van der Waals surface area contributed by atoms with Crippen LogP contribution in [0.15, 0.2) is 48.6 Å². The highest BCUT2D eigenvalue weighted by Gasteiger charge is 2.19. The number of aliphatic hydroxyl groups excluding tert-OH is 1. The van der Waals surface area contributed by atoms with Crippen molar-refractivity contribution in [2.24, 2.45) is 5.41 Å². The van der Waals surface area contributed by atoms with E-state index in [1.165, 1.54) is 36.8 Å². The maximum Gasteiger partial charge on any atom is 0.331 e. The van der Waals surface area contributed by atoms with Gasteiger partial charge < -0.3 is 14.4 Å². The van der Waals surface area contributed by atoms with Crippen molar-refractivity contribution >= 4 is 33.9 Å². The summed E-state index contributed by atoms with van der Waals surface area (Å²) in [5.41, 5.74) is 0.187. The van der Waals surface area contributed by atoms with E-state index < -0.39 is 28.4 Å². The first-order valence-electron chi connectivity index (χ1n) is 9.85. The number of nitrogens with zero attached hydrogens (tertiary/aromatic N) is 3. The van der Waals surface area contributed by atoms with Gasteiger partial charge in [0.2, 0.25) is 5.88 Å². The lowest BCUT2D eigenvalue weighted by Crippen LogP contribution is -2.32. The fourth-order valence-corrected chi connectivity index (χ4v) is 3.39. The minimum absolute atomic E-state index is 0.0592. The van der Waals surface area contributed by atoms with Gasteiger partial charge in [0.1, 0.15) is 23.7 Å². The maximum absolute atomic E-state index is 15.1. The first-order valence-corrected chi connectivity index (χ1v) is 11.6. The highest BCUT2D eigenvalue weighted by Crippen LogP contribution is 2.30. The SMILES string of the molecule is C[S+]([O-])Cc1cc(Oc2ccc3c(ccn3C(=O)NC(=N)/C=C(\O)C(C)(C)C)c2F)ncn1. The molecular formula is C22H24FN5O4S. The molecule has 3 aromatic rings. The van der Waals surface area contributed by atoms with Gasteiger partial charge >= 0.3 is 6.03 Å². The smallest absolute Gasteiger partial charge is 0.331 e. The summed E-state index contributed by atoms with van der Waals surface area (Å²) in [4.78, 5) is 20.5. The summed E-state index contributed by atoms with van der Waals surface area (Å²) in [5, 5.41) is 20.4. The van der Waals surface area contributed by atoms with Crippen LogP contribution in [0.2, 0.25) is 0 Å². The fraction of sp³-hybridized carbons (Fsp3) is 0.273. The number of allylic oxidation sites excluding steroid dienone is 1. The summed E-state index contributed by atoms with van der Waals surface area (Å²) in [6.45, 7) is 5.30. The zero-order valence-electron chi connectivity index (χ0n) is 18.5. The molecular weight excluding hydrogens is 449 g/mol. The number of hydrogen-bond acceptors (Lipinski definition) is 7. The summed E-state index contributed by atoms with van der Waals surface area (Å²) in [5.74, 6) is -0.846. The van der Waals surface area contributed by atoms with Gasteiger partial charge in [0, 0.05) is 29.1 Å². The second-order valence-corrected chi connectivity index (χ2v) is 9.72. The van der Waals surface area contributed by atoms with Crippen molar-refractivity contribution in [3.05, 3.63) is 60.1 Å². The Morgan fingerprint density at radius 2 is 2.09 bits per heavy atom. The van der Waals surface area contributed by atoms with E-state index in [1.54, 1.807) is 27.0 Å². The van der Waals surface area contributed by atoms with Gasteiger partial charge in [-0.2, -0.15) is 0 Å². The monoisotopic (exact) mass is 473 g/mol. The van der Waals surface area contributed by atoms with E-state index in [0.717, 1.165) is 10.6 Å². The Hall–Kier alpha value is -3.44. The number of carbonyl (C=O) groups excluding carboxylic acids is 1. The van der Waals surface area contributed by atoms with Crippen LogP contribution in [0.4, 0.5) is 9.18 Å². The quantitative estimate of drug-likeness (QED) is 0.219. The Bertz CT molecular complexity index is 1230. The molecule has 3 N–H and O–H groups in total. The summed E-state index contributed by atoms with van der Waals surface area (Å²) < 4.78 is 33.1. The average molecular weight is 474 g/mol. The lowest BCUT2D eigenvalue weighted by molar-refractivity contribution is 0.247. The topological polar surface area (TPSA) is 136 Å². The molecule has 0 aliphatic heterocycles. The molecule has 0 fully saturated rings. The molecule has 2 heterocycles. The van der Waals surface area contributed by atoms with E-state index in [0.29, 0.717) is 5.69 Å². The van der Waals surface area contributed by atoms with E-state index in [2.05, 4.69) is 15.3 Å². The third-order valence-corrected chi connectivity index (χ3v) is 5.25. The Morgan fingerprint density at radius 1 is 1.36 bits per heavy atom. The van der Waals surface area contributed by atoms with Crippen molar-refractivity contribution in [2.45, 2.75) is 26.5 Å². The molecule has 0 spiro atoms. The number of aliphatic hydroxyl groups is 1. The zero-order valence-corrected chi connectivity index (χ0v) is 19.4. The highest BCUT2D eigenvalue weighted by atomic mass is 32.2. The molecule has 0 saturated heterocycles. The number of aromatic nitrogens is 3. The van der Waals surface area contributed by atoms with Gasteiger partial charge in [0.05, 0.1) is 17.5 Å². The van der Waals surface area contributed by atoms with Gasteiger partial charge in [-0.05, 0) is 18.2 Å². The number of amidine groups is 1. The van der Waals surface area contributed by atoms with Crippen molar-refractivity contribution in [1.29, 1.82) is 5.41 Å². The first-order chi connectivity index (χ1) is 15.5. The number of fused-ring (bicyclic) bond motifs is 1. The predicted molar refractivity (Wildman–Crippen MR) is 124 cm³/mol. The van der Waals surface area contributed by atoms with Gasteiger partial charge in [0.25, 0.3) is 0 Å². The average Bonchev–Trinajstić information content (AvgIpc) is 3.14. The molecule has 1 unspecified atom stereocenters. The lowest BCUT2D eigenvalue weighted by atomic mass is 9.93. The molecule has 0 saturated carbocycles. The van der Waals surface area contributed by atoms with Gasteiger partial charge in [0.15, 0.2) is 11.6 Å². The van der Waals surface area contributed by atoms with Crippen LogP contribution in [0.3, 0.4) is 0 Å². The normalized spacial score (nSPS) is 13.1. The number of hydrogen-bond donors (Lipinski definition) is 3. The van der Waals surface area contributed by atoms with E-state index in [4.69, 9.17) is 10.1 Å². The summed E-state index contributed by atoms with van der Waals surface area (Å²) in [6.07, 6.45) is 5.31. The largest absolute Gasteiger partial charge is 0.616 e. The molecule has 3 rings (SSSR count). The van der Waals surface area contributed by atoms with E-state index >= 15 is 4.39 Å². The first kappa shape index (κ1) is 24.2. The Kier molecular flexibility index (Phi) is 7.04. The van der Waals surface area contributed by atoms with Gasteiger partial charge in [-0.1, -0.05) is 31.9 Å². The molecule has 2 aromatic heterocycles. The van der Waals surface area contributed by atoms with Crippen LogP contribution in [0, 0.1) is 16.6 Å². The van der Waals surface area contributed by atoms with E-state index in [-0.39, 0.29) is 39.9 Å². The molecule has 1 aromatic carbocycles. The number of carbonyl (C=O) groups is 1. The minimum atomic E-state index is -1.10. The summed E-state index contributed by atoms with van der Waals surface area (Å²) in [6, 6.07) is 5.07. The Morgan fingerprint density at radius 3 is 2.76 bits per heavy atom. The van der Waals surface area contributed by atoms with Crippen LogP contribution in [-0.4, -0.2) is 42.3 Å². The van der Waals surface area contributed by atoms with Crippen molar-refractivity contribution < 1.29 is 23.6 Å². The third-order valence-electron chi connectivity index (χ3n) is 4.55. The van der Waals surface area contributed by atoms with Crippen molar-refractivity contribution in [3.63, 3.8) is 0 Å². The molecule has 9 nitrogen and oxygen atoms in total. The van der Waals surface area contributed by atoms with Gasteiger partial charge in [-0.15, -0.1) is 0 Å². The lowest BCUT2D eigenvalue weighted by Gasteiger charge is -2.17. The number of ether oxygens (including phenoxy) is 1. The molecule has 0 aliphatic rings. The van der Waals surface area contributed by atoms with Crippen molar-refractivity contribution in [3.8, 4) is 11.6 Å². The molecule has 1 atom stereocenters. The second-order valence-electron chi connectivity index (χ2n) is 8.29. The molecule has 1 amide bonds. The molecule has 174 valence electrons. The van der Waals surface area contributed by atoms with Gasteiger partial charge in [-0.25, -0.2) is 19.2 Å². The van der Waals surface area contributed by atoms with Crippen LogP contribution in [-0.2, 0) is 16.9 Å². The van der Waals surface area contributed by atoms with Crippen LogP contribution >= 0.6 is 0 Å². The summed E-state index contributed by atoms with van der Waals surface area (Å²) >= 11 is -1.10. The minimum Gasteiger partial charge on any atom is -0.616 e. The van der Waals surface area contributed by atoms with E-state index in [9.17, 15) is 14.5 Å².